The lowest BCUT2D eigenvalue weighted by Gasteiger charge is -2.26. The van der Waals surface area contributed by atoms with Crippen LogP contribution in [0, 0.1) is 17.8 Å². The molecule has 2 aliphatic carbocycles. The maximum Gasteiger partial charge on any atom is 0.225 e. The van der Waals surface area contributed by atoms with E-state index in [2.05, 4.69) is 15.5 Å². The van der Waals surface area contributed by atoms with Gasteiger partial charge in [-0.05, 0) is 43.2 Å². The number of carbonyl (C=O) groups is 1. The van der Waals surface area contributed by atoms with Crippen molar-refractivity contribution in [3.05, 3.63) is 42.5 Å². The van der Waals surface area contributed by atoms with Crippen molar-refractivity contribution in [2.75, 3.05) is 0 Å². The van der Waals surface area contributed by atoms with Crippen LogP contribution < -0.4 is 11.1 Å². The summed E-state index contributed by atoms with van der Waals surface area (Å²) >= 11 is 0. The quantitative estimate of drug-likeness (QED) is 0.890. The van der Waals surface area contributed by atoms with Gasteiger partial charge < -0.3 is 11.1 Å². The number of benzene rings is 1. The number of aromatic nitrogens is 3. The SMILES string of the molecule is NC1C2CCC(C2)C1C(=O)NCc1nncn1-c1ccccc1. The average molecular weight is 311 g/mol. The minimum atomic E-state index is -0.0400. The highest BCUT2D eigenvalue weighted by Gasteiger charge is 2.48. The Kier molecular flexibility index (Phi) is 3.61. The van der Waals surface area contributed by atoms with Crippen molar-refractivity contribution in [3.63, 3.8) is 0 Å². The van der Waals surface area contributed by atoms with E-state index in [1.165, 1.54) is 6.42 Å². The number of rotatable bonds is 4. The van der Waals surface area contributed by atoms with Crippen LogP contribution in [-0.4, -0.2) is 26.7 Å². The molecule has 120 valence electrons. The van der Waals surface area contributed by atoms with E-state index in [1.807, 2.05) is 34.9 Å². The summed E-state index contributed by atoms with van der Waals surface area (Å²) in [6.07, 6.45) is 5.09. The highest BCUT2D eigenvalue weighted by atomic mass is 16.2. The number of hydrogen-bond donors (Lipinski definition) is 2. The van der Waals surface area contributed by atoms with Crippen molar-refractivity contribution in [1.29, 1.82) is 0 Å². The minimum Gasteiger partial charge on any atom is -0.348 e. The second kappa shape index (κ2) is 5.77. The van der Waals surface area contributed by atoms with E-state index >= 15 is 0 Å². The topological polar surface area (TPSA) is 85.8 Å². The van der Waals surface area contributed by atoms with Crippen LogP contribution in [0.4, 0.5) is 0 Å². The van der Waals surface area contributed by atoms with E-state index in [4.69, 9.17) is 5.73 Å². The molecule has 2 aliphatic rings. The predicted molar refractivity (Wildman–Crippen MR) is 85.5 cm³/mol. The molecular weight excluding hydrogens is 290 g/mol. The molecular formula is C17H21N5O. The molecule has 2 bridgehead atoms. The van der Waals surface area contributed by atoms with Crippen LogP contribution in [0.2, 0.25) is 0 Å². The Balaban J connectivity index is 1.44. The number of carbonyl (C=O) groups excluding carboxylic acids is 1. The van der Waals surface area contributed by atoms with Gasteiger partial charge in [0.15, 0.2) is 5.82 Å². The van der Waals surface area contributed by atoms with Gasteiger partial charge in [-0.1, -0.05) is 18.2 Å². The number of amides is 1. The second-order valence-corrected chi connectivity index (χ2v) is 6.61. The first-order chi connectivity index (χ1) is 11.2. The summed E-state index contributed by atoms with van der Waals surface area (Å²) in [6.45, 7) is 0.369. The molecule has 0 saturated heterocycles. The normalized spacial score (nSPS) is 28.9. The fourth-order valence-corrected chi connectivity index (χ4v) is 4.19. The van der Waals surface area contributed by atoms with Gasteiger partial charge in [-0.3, -0.25) is 9.36 Å². The van der Waals surface area contributed by atoms with Gasteiger partial charge >= 0.3 is 0 Å². The van der Waals surface area contributed by atoms with Crippen LogP contribution in [0.25, 0.3) is 5.69 Å². The Bertz CT molecular complexity index is 696. The van der Waals surface area contributed by atoms with Crippen molar-refractivity contribution in [3.8, 4) is 5.69 Å². The molecule has 1 aromatic heterocycles. The molecule has 23 heavy (non-hydrogen) atoms. The van der Waals surface area contributed by atoms with Gasteiger partial charge in [0, 0.05) is 11.7 Å². The molecule has 1 aromatic carbocycles. The molecule has 2 aromatic rings. The Morgan fingerprint density at radius 3 is 2.78 bits per heavy atom. The van der Waals surface area contributed by atoms with Crippen molar-refractivity contribution >= 4 is 5.91 Å². The maximum atomic E-state index is 12.5. The molecule has 2 saturated carbocycles. The Hall–Kier alpha value is -2.21. The van der Waals surface area contributed by atoms with Crippen LogP contribution >= 0.6 is 0 Å². The molecule has 6 heteroatoms. The third-order valence-electron chi connectivity index (χ3n) is 5.36. The zero-order chi connectivity index (χ0) is 15.8. The van der Waals surface area contributed by atoms with Crippen LogP contribution in [0.1, 0.15) is 25.1 Å². The standard InChI is InChI=1S/C17H21N5O/c18-16-12-7-6-11(8-12)15(16)17(23)19-9-14-21-20-10-22(14)13-4-2-1-3-5-13/h1-5,10-12,15-16H,6-9,18H2,(H,19,23). The zero-order valence-corrected chi connectivity index (χ0v) is 12.9. The van der Waals surface area contributed by atoms with E-state index in [-0.39, 0.29) is 17.9 Å². The lowest BCUT2D eigenvalue weighted by molar-refractivity contribution is -0.127. The first-order valence-electron chi connectivity index (χ1n) is 8.21. The Morgan fingerprint density at radius 2 is 2.04 bits per heavy atom. The van der Waals surface area contributed by atoms with Gasteiger partial charge in [0.2, 0.25) is 5.91 Å². The molecule has 4 rings (SSSR count). The molecule has 1 amide bonds. The fourth-order valence-electron chi connectivity index (χ4n) is 4.19. The monoisotopic (exact) mass is 311 g/mol. The van der Waals surface area contributed by atoms with Crippen molar-refractivity contribution in [2.45, 2.75) is 31.8 Å². The van der Waals surface area contributed by atoms with Gasteiger partial charge in [-0.15, -0.1) is 10.2 Å². The van der Waals surface area contributed by atoms with Gasteiger partial charge in [0.25, 0.3) is 0 Å². The van der Waals surface area contributed by atoms with Crippen molar-refractivity contribution in [2.24, 2.45) is 23.5 Å². The molecule has 3 N–H and O–H groups in total. The number of nitrogens with two attached hydrogens (primary N) is 1. The molecule has 0 radical (unpaired) electrons. The number of hydrogen-bond acceptors (Lipinski definition) is 4. The zero-order valence-electron chi connectivity index (χ0n) is 12.9. The van der Waals surface area contributed by atoms with E-state index in [1.54, 1.807) is 6.33 Å². The van der Waals surface area contributed by atoms with Gasteiger partial charge in [0.05, 0.1) is 12.5 Å². The molecule has 4 atom stereocenters. The van der Waals surface area contributed by atoms with Crippen LogP contribution in [-0.2, 0) is 11.3 Å². The van der Waals surface area contributed by atoms with Crippen LogP contribution in [0.15, 0.2) is 36.7 Å². The second-order valence-electron chi connectivity index (χ2n) is 6.61. The van der Waals surface area contributed by atoms with Crippen molar-refractivity contribution < 1.29 is 4.79 Å². The van der Waals surface area contributed by atoms with E-state index < -0.39 is 0 Å². The lowest BCUT2D eigenvalue weighted by Crippen LogP contribution is -2.45. The summed E-state index contributed by atoms with van der Waals surface area (Å²) in [5, 5.41) is 11.1. The summed E-state index contributed by atoms with van der Waals surface area (Å²) in [5.74, 6) is 1.74. The van der Waals surface area contributed by atoms with E-state index in [0.29, 0.717) is 18.4 Å². The first-order valence-corrected chi connectivity index (χ1v) is 8.21. The molecule has 2 fully saturated rings. The minimum absolute atomic E-state index is 0.0146. The van der Waals surface area contributed by atoms with E-state index in [9.17, 15) is 4.79 Å². The summed E-state index contributed by atoms with van der Waals surface area (Å²) < 4.78 is 1.89. The number of fused-ring (bicyclic) bond motifs is 2. The third-order valence-corrected chi connectivity index (χ3v) is 5.36. The summed E-state index contributed by atoms with van der Waals surface area (Å²) in [7, 11) is 0. The van der Waals surface area contributed by atoms with Gasteiger partial charge in [0.1, 0.15) is 6.33 Å². The fraction of sp³-hybridized carbons (Fsp3) is 0.471. The van der Waals surface area contributed by atoms with E-state index in [0.717, 1.165) is 24.4 Å². The largest absolute Gasteiger partial charge is 0.348 e. The Labute approximate surface area is 135 Å². The number of para-hydroxylation sites is 1. The third kappa shape index (κ3) is 2.53. The van der Waals surface area contributed by atoms with Gasteiger partial charge in [-0.2, -0.15) is 0 Å². The van der Waals surface area contributed by atoms with Crippen LogP contribution in [0.3, 0.4) is 0 Å². The Morgan fingerprint density at radius 1 is 1.26 bits per heavy atom. The number of nitrogens with zero attached hydrogens (tertiary/aromatic N) is 3. The molecule has 1 heterocycles. The molecule has 4 unspecified atom stereocenters. The highest BCUT2D eigenvalue weighted by molar-refractivity contribution is 5.80. The highest BCUT2D eigenvalue weighted by Crippen LogP contribution is 2.47. The van der Waals surface area contributed by atoms with Gasteiger partial charge in [-0.25, -0.2) is 0 Å². The average Bonchev–Trinajstić information content (AvgIpc) is 3.29. The molecule has 0 aliphatic heterocycles. The summed E-state index contributed by atoms with van der Waals surface area (Å²) in [6, 6.07) is 9.88. The first kappa shape index (κ1) is 14.4. The number of nitrogens with one attached hydrogen (secondary N) is 1. The lowest BCUT2D eigenvalue weighted by atomic mass is 9.84. The maximum absolute atomic E-state index is 12.5. The summed E-state index contributed by atoms with van der Waals surface area (Å²) in [5.41, 5.74) is 7.23. The molecule has 6 nitrogen and oxygen atoms in total. The van der Waals surface area contributed by atoms with Crippen LogP contribution in [0.5, 0.6) is 0 Å². The van der Waals surface area contributed by atoms with Crippen molar-refractivity contribution in [1.82, 2.24) is 20.1 Å². The summed E-state index contributed by atoms with van der Waals surface area (Å²) in [4.78, 5) is 12.5. The molecule has 0 spiro atoms. The smallest absolute Gasteiger partial charge is 0.225 e. The predicted octanol–water partition coefficient (Wildman–Crippen LogP) is 1.26.